The molecule has 0 saturated carbocycles. The van der Waals surface area contributed by atoms with Gasteiger partial charge in [0.15, 0.2) is 10.4 Å². The van der Waals surface area contributed by atoms with Gasteiger partial charge in [-0.1, -0.05) is 18.2 Å². The first-order valence-electron chi connectivity index (χ1n) is 5.11. The Bertz CT molecular complexity index is 531. The quantitative estimate of drug-likeness (QED) is 0.811. The normalized spacial score (nSPS) is 10.2. The molecule has 1 aromatic heterocycles. The predicted molar refractivity (Wildman–Crippen MR) is 67.4 cm³/mol. The van der Waals surface area contributed by atoms with Gasteiger partial charge >= 0.3 is 0 Å². The summed E-state index contributed by atoms with van der Waals surface area (Å²) in [5.74, 6) is 0.995. The van der Waals surface area contributed by atoms with E-state index in [0.29, 0.717) is 16.2 Å². The van der Waals surface area contributed by atoms with Crippen molar-refractivity contribution in [3.63, 3.8) is 0 Å². The summed E-state index contributed by atoms with van der Waals surface area (Å²) in [7, 11) is 1.59. The maximum absolute atomic E-state index is 11.9. The van der Waals surface area contributed by atoms with Crippen LogP contribution >= 0.6 is 15.9 Å². The van der Waals surface area contributed by atoms with Crippen molar-refractivity contribution >= 4 is 21.7 Å². The SMILES string of the molecule is COc1ccccc1CC(=O)c1ccc(Br)o1. The zero-order valence-electron chi connectivity index (χ0n) is 9.27. The molecule has 1 aromatic carbocycles. The fourth-order valence-electron chi connectivity index (χ4n) is 1.57. The number of methoxy groups -OCH3 is 1. The number of halogens is 1. The molecule has 88 valence electrons. The van der Waals surface area contributed by atoms with Gasteiger partial charge in [0.1, 0.15) is 5.75 Å². The lowest BCUT2D eigenvalue weighted by atomic mass is 10.1. The van der Waals surface area contributed by atoms with E-state index in [-0.39, 0.29) is 12.2 Å². The van der Waals surface area contributed by atoms with Gasteiger partial charge in [-0.15, -0.1) is 0 Å². The summed E-state index contributed by atoms with van der Waals surface area (Å²) in [6.45, 7) is 0. The number of hydrogen-bond acceptors (Lipinski definition) is 3. The molecule has 0 atom stereocenters. The highest BCUT2D eigenvalue weighted by molar-refractivity contribution is 9.10. The third-order valence-corrected chi connectivity index (χ3v) is 2.82. The molecule has 17 heavy (non-hydrogen) atoms. The molecule has 2 aromatic rings. The lowest BCUT2D eigenvalue weighted by molar-refractivity contribution is 0.0964. The van der Waals surface area contributed by atoms with Crippen LogP contribution in [0.4, 0.5) is 0 Å². The minimum Gasteiger partial charge on any atom is -0.496 e. The summed E-state index contributed by atoms with van der Waals surface area (Å²) < 4.78 is 11.0. The van der Waals surface area contributed by atoms with Gasteiger partial charge in [-0.05, 0) is 34.1 Å². The van der Waals surface area contributed by atoms with Crippen LogP contribution in [-0.2, 0) is 6.42 Å². The van der Waals surface area contributed by atoms with Crippen molar-refractivity contribution in [2.24, 2.45) is 0 Å². The molecule has 4 heteroatoms. The van der Waals surface area contributed by atoms with Gasteiger partial charge in [-0.2, -0.15) is 0 Å². The molecule has 0 N–H and O–H groups in total. The molecule has 0 aliphatic rings. The van der Waals surface area contributed by atoms with Crippen LogP contribution in [0.5, 0.6) is 5.75 Å². The third-order valence-electron chi connectivity index (χ3n) is 2.39. The second-order valence-corrected chi connectivity index (χ2v) is 4.30. The van der Waals surface area contributed by atoms with Crippen molar-refractivity contribution in [3.05, 3.63) is 52.4 Å². The maximum atomic E-state index is 11.9. The van der Waals surface area contributed by atoms with Crippen LogP contribution in [-0.4, -0.2) is 12.9 Å². The maximum Gasteiger partial charge on any atom is 0.202 e. The van der Waals surface area contributed by atoms with Gasteiger partial charge in [0.25, 0.3) is 0 Å². The summed E-state index contributed by atoms with van der Waals surface area (Å²) in [6.07, 6.45) is 0.268. The number of benzene rings is 1. The zero-order valence-corrected chi connectivity index (χ0v) is 10.9. The van der Waals surface area contributed by atoms with E-state index in [2.05, 4.69) is 15.9 Å². The van der Waals surface area contributed by atoms with E-state index in [1.54, 1.807) is 19.2 Å². The van der Waals surface area contributed by atoms with E-state index in [1.807, 2.05) is 24.3 Å². The van der Waals surface area contributed by atoms with E-state index in [0.717, 1.165) is 5.56 Å². The number of ketones is 1. The Balaban J connectivity index is 2.18. The molecule has 2 rings (SSSR count). The van der Waals surface area contributed by atoms with Crippen LogP contribution < -0.4 is 4.74 Å². The average Bonchev–Trinajstić information content (AvgIpc) is 2.77. The first kappa shape index (κ1) is 11.9. The van der Waals surface area contributed by atoms with Crippen LogP contribution in [0.15, 0.2) is 45.5 Å². The minimum atomic E-state index is -0.0693. The highest BCUT2D eigenvalue weighted by Gasteiger charge is 2.13. The van der Waals surface area contributed by atoms with E-state index in [4.69, 9.17) is 9.15 Å². The van der Waals surface area contributed by atoms with Crippen LogP contribution in [0.3, 0.4) is 0 Å². The van der Waals surface area contributed by atoms with E-state index < -0.39 is 0 Å². The second kappa shape index (κ2) is 5.19. The zero-order chi connectivity index (χ0) is 12.3. The molecular weight excluding hydrogens is 284 g/mol. The monoisotopic (exact) mass is 294 g/mol. The number of para-hydroxylation sites is 1. The number of ether oxygens (including phenoxy) is 1. The van der Waals surface area contributed by atoms with Gasteiger partial charge in [-0.25, -0.2) is 0 Å². The van der Waals surface area contributed by atoms with Crippen molar-refractivity contribution in [1.82, 2.24) is 0 Å². The molecule has 0 fully saturated rings. The molecule has 0 aliphatic heterocycles. The standard InChI is InChI=1S/C13H11BrO3/c1-16-11-5-3-2-4-9(11)8-10(15)12-6-7-13(14)17-12/h2-7H,8H2,1H3. The first-order valence-corrected chi connectivity index (χ1v) is 5.90. The lowest BCUT2D eigenvalue weighted by Gasteiger charge is -2.06. The van der Waals surface area contributed by atoms with Crippen molar-refractivity contribution < 1.29 is 13.9 Å². The number of Topliss-reactive ketones (excluding diaryl/α,β-unsaturated/α-hetero) is 1. The molecule has 0 radical (unpaired) electrons. The molecule has 0 saturated heterocycles. The van der Waals surface area contributed by atoms with Crippen LogP contribution in [0.25, 0.3) is 0 Å². The minimum absolute atomic E-state index is 0.0693. The fraction of sp³-hybridized carbons (Fsp3) is 0.154. The Morgan fingerprint density at radius 3 is 2.71 bits per heavy atom. The number of hydrogen-bond donors (Lipinski definition) is 0. The third kappa shape index (κ3) is 2.77. The Kier molecular flexibility index (Phi) is 3.64. The summed E-state index contributed by atoms with van der Waals surface area (Å²) in [5.41, 5.74) is 0.854. The van der Waals surface area contributed by atoms with Crippen LogP contribution in [0.1, 0.15) is 16.1 Å². The topological polar surface area (TPSA) is 39.4 Å². The Labute approximate surface area is 108 Å². The molecule has 3 nitrogen and oxygen atoms in total. The summed E-state index contributed by atoms with van der Waals surface area (Å²) >= 11 is 3.17. The Morgan fingerprint density at radius 2 is 2.06 bits per heavy atom. The second-order valence-electron chi connectivity index (χ2n) is 3.52. The fourth-order valence-corrected chi connectivity index (χ4v) is 1.88. The number of rotatable bonds is 4. The van der Waals surface area contributed by atoms with Crippen LogP contribution in [0, 0.1) is 0 Å². The highest BCUT2D eigenvalue weighted by atomic mass is 79.9. The molecular formula is C13H11BrO3. The van der Waals surface area contributed by atoms with Crippen molar-refractivity contribution in [1.29, 1.82) is 0 Å². The number of carbonyl (C=O) groups excluding carboxylic acids is 1. The summed E-state index contributed by atoms with van der Waals surface area (Å²) in [5, 5.41) is 0. The molecule has 0 amide bonds. The van der Waals surface area contributed by atoms with Crippen molar-refractivity contribution in [2.75, 3.05) is 7.11 Å². The molecule has 0 aliphatic carbocycles. The van der Waals surface area contributed by atoms with Crippen LogP contribution in [0.2, 0.25) is 0 Å². The molecule has 0 unspecified atom stereocenters. The van der Waals surface area contributed by atoms with Gasteiger partial charge in [0.05, 0.1) is 7.11 Å². The summed E-state index contributed by atoms with van der Waals surface area (Å²) in [4.78, 5) is 11.9. The number of carbonyl (C=O) groups is 1. The van der Waals surface area contributed by atoms with Gasteiger partial charge in [0, 0.05) is 12.0 Å². The van der Waals surface area contributed by atoms with Gasteiger partial charge < -0.3 is 9.15 Å². The Morgan fingerprint density at radius 1 is 1.29 bits per heavy atom. The van der Waals surface area contributed by atoms with E-state index in [9.17, 15) is 4.79 Å². The Hall–Kier alpha value is -1.55. The van der Waals surface area contributed by atoms with Gasteiger partial charge in [0.2, 0.25) is 5.78 Å². The highest BCUT2D eigenvalue weighted by Crippen LogP contribution is 2.21. The predicted octanol–water partition coefficient (Wildman–Crippen LogP) is 3.48. The molecule has 0 spiro atoms. The lowest BCUT2D eigenvalue weighted by Crippen LogP contribution is -2.03. The van der Waals surface area contributed by atoms with Gasteiger partial charge in [-0.3, -0.25) is 4.79 Å². The van der Waals surface area contributed by atoms with Crippen molar-refractivity contribution in [3.8, 4) is 5.75 Å². The first-order chi connectivity index (χ1) is 8.20. The smallest absolute Gasteiger partial charge is 0.202 e. The van der Waals surface area contributed by atoms with Crippen molar-refractivity contribution in [2.45, 2.75) is 6.42 Å². The number of furan rings is 1. The molecule has 0 bridgehead atoms. The largest absolute Gasteiger partial charge is 0.496 e. The molecule has 1 heterocycles. The summed E-state index contributed by atoms with van der Waals surface area (Å²) in [6, 6.07) is 10.8. The van der Waals surface area contributed by atoms with E-state index >= 15 is 0 Å². The average molecular weight is 295 g/mol. The van der Waals surface area contributed by atoms with E-state index in [1.165, 1.54) is 0 Å².